The number of hydrogen-bond donors (Lipinski definition) is 1. The Morgan fingerprint density at radius 2 is 1.90 bits per heavy atom. The van der Waals surface area contributed by atoms with E-state index in [1.165, 1.54) is 5.56 Å². The molecule has 106 valence electrons. The van der Waals surface area contributed by atoms with Crippen LogP contribution >= 0.6 is 0 Å². The van der Waals surface area contributed by atoms with E-state index < -0.39 is 0 Å². The fourth-order valence-corrected chi connectivity index (χ4v) is 1.95. The van der Waals surface area contributed by atoms with Gasteiger partial charge in [0.05, 0.1) is 0 Å². The molecule has 1 aromatic carbocycles. The highest BCUT2D eigenvalue weighted by Gasteiger charge is 2.03. The molecule has 0 saturated carbocycles. The molecule has 0 aliphatic heterocycles. The van der Waals surface area contributed by atoms with Gasteiger partial charge in [-0.1, -0.05) is 32.0 Å². The Kier molecular flexibility index (Phi) is 4.99. The second kappa shape index (κ2) is 6.94. The van der Waals surface area contributed by atoms with Crippen molar-refractivity contribution in [3.63, 3.8) is 0 Å². The minimum Gasteiger partial charge on any atom is -0.489 e. The quantitative estimate of drug-likeness (QED) is 0.853. The summed E-state index contributed by atoms with van der Waals surface area (Å²) in [5.74, 6) is 2.36. The van der Waals surface area contributed by atoms with Crippen molar-refractivity contribution in [2.24, 2.45) is 0 Å². The summed E-state index contributed by atoms with van der Waals surface area (Å²) in [5, 5.41) is 3.00. The van der Waals surface area contributed by atoms with Crippen LogP contribution < -0.4 is 10.1 Å². The molecule has 0 saturated heterocycles. The van der Waals surface area contributed by atoms with Crippen LogP contribution in [-0.2, 0) is 6.61 Å². The van der Waals surface area contributed by atoms with E-state index >= 15 is 0 Å². The van der Waals surface area contributed by atoms with Crippen LogP contribution in [0.5, 0.6) is 5.75 Å². The summed E-state index contributed by atoms with van der Waals surface area (Å²) >= 11 is 0. The summed E-state index contributed by atoms with van der Waals surface area (Å²) in [6.45, 7) is 4.99. The summed E-state index contributed by atoms with van der Waals surface area (Å²) in [7, 11) is 1.86. The Hall–Kier alpha value is -2.03. The van der Waals surface area contributed by atoms with Crippen LogP contribution in [-0.4, -0.2) is 12.0 Å². The maximum absolute atomic E-state index is 5.77. The lowest BCUT2D eigenvalue weighted by molar-refractivity contribution is 0.305. The van der Waals surface area contributed by atoms with Crippen LogP contribution in [0.1, 0.15) is 37.3 Å². The van der Waals surface area contributed by atoms with Crippen molar-refractivity contribution in [1.29, 1.82) is 0 Å². The normalized spacial score (nSPS) is 11.9. The van der Waals surface area contributed by atoms with Gasteiger partial charge in [-0.15, -0.1) is 0 Å². The summed E-state index contributed by atoms with van der Waals surface area (Å²) in [4.78, 5) is 4.27. The first kappa shape index (κ1) is 14.4. The summed E-state index contributed by atoms with van der Waals surface area (Å²) in [6, 6.07) is 12.3. The molecule has 3 heteroatoms. The third kappa shape index (κ3) is 3.73. The number of pyridine rings is 1. The smallest absolute Gasteiger partial charge is 0.125 e. The van der Waals surface area contributed by atoms with E-state index in [9.17, 15) is 0 Å². The average Bonchev–Trinajstić information content (AvgIpc) is 2.53. The lowest BCUT2D eigenvalue weighted by atomic mass is 9.99. The van der Waals surface area contributed by atoms with E-state index in [-0.39, 0.29) is 0 Å². The van der Waals surface area contributed by atoms with Gasteiger partial charge in [0.1, 0.15) is 18.2 Å². The monoisotopic (exact) mass is 270 g/mol. The molecule has 1 N–H and O–H groups in total. The maximum atomic E-state index is 5.77. The van der Waals surface area contributed by atoms with Crippen LogP contribution in [0.15, 0.2) is 42.6 Å². The molecule has 0 aliphatic carbocycles. The number of anilines is 1. The van der Waals surface area contributed by atoms with Crippen molar-refractivity contribution in [2.75, 3.05) is 12.4 Å². The zero-order chi connectivity index (χ0) is 14.4. The number of nitrogens with zero attached hydrogens (tertiary/aromatic N) is 1. The van der Waals surface area contributed by atoms with Gasteiger partial charge in [-0.05, 0) is 36.1 Å². The zero-order valence-electron chi connectivity index (χ0n) is 12.4. The van der Waals surface area contributed by atoms with Gasteiger partial charge in [0.2, 0.25) is 0 Å². The molecule has 1 aromatic heterocycles. The van der Waals surface area contributed by atoms with Gasteiger partial charge in [-0.2, -0.15) is 0 Å². The fraction of sp³-hybridized carbons (Fsp3) is 0.353. The molecule has 1 atom stereocenters. The van der Waals surface area contributed by atoms with Crippen LogP contribution in [0.4, 0.5) is 5.82 Å². The molecular formula is C17H22N2O. The van der Waals surface area contributed by atoms with Gasteiger partial charge in [0, 0.05) is 18.8 Å². The number of ether oxygens (including phenoxy) is 1. The van der Waals surface area contributed by atoms with Gasteiger partial charge in [0.15, 0.2) is 0 Å². The molecule has 0 radical (unpaired) electrons. The van der Waals surface area contributed by atoms with E-state index in [2.05, 4.69) is 36.3 Å². The highest BCUT2D eigenvalue weighted by Crippen LogP contribution is 2.22. The molecule has 0 spiro atoms. The van der Waals surface area contributed by atoms with Crippen molar-refractivity contribution in [3.8, 4) is 5.75 Å². The van der Waals surface area contributed by atoms with Gasteiger partial charge in [-0.3, -0.25) is 0 Å². The number of nitrogens with one attached hydrogen (secondary N) is 1. The van der Waals surface area contributed by atoms with Crippen LogP contribution in [0.3, 0.4) is 0 Å². The van der Waals surface area contributed by atoms with Gasteiger partial charge in [0.25, 0.3) is 0 Å². The van der Waals surface area contributed by atoms with Crippen LogP contribution in [0.2, 0.25) is 0 Å². The molecule has 0 fully saturated rings. The van der Waals surface area contributed by atoms with E-state index in [0.29, 0.717) is 12.5 Å². The third-order valence-electron chi connectivity index (χ3n) is 3.55. The first-order valence-corrected chi connectivity index (χ1v) is 7.08. The highest BCUT2D eigenvalue weighted by molar-refractivity contribution is 5.34. The second-order valence-electron chi connectivity index (χ2n) is 4.97. The van der Waals surface area contributed by atoms with E-state index in [1.807, 2.05) is 37.5 Å². The molecule has 1 unspecified atom stereocenters. The Balaban J connectivity index is 1.93. The Morgan fingerprint density at radius 1 is 1.15 bits per heavy atom. The van der Waals surface area contributed by atoms with Crippen molar-refractivity contribution < 1.29 is 4.74 Å². The topological polar surface area (TPSA) is 34.1 Å². The zero-order valence-corrected chi connectivity index (χ0v) is 12.4. The Morgan fingerprint density at radius 3 is 2.45 bits per heavy atom. The van der Waals surface area contributed by atoms with E-state index in [0.717, 1.165) is 23.6 Å². The lowest BCUT2D eigenvalue weighted by Gasteiger charge is -2.11. The predicted molar refractivity (Wildman–Crippen MR) is 83.3 cm³/mol. The van der Waals surface area contributed by atoms with Crippen LogP contribution in [0, 0.1) is 0 Å². The number of hydrogen-bond acceptors (Lipinski definition) is 3. The molecule has 0 amide bonds. The van der Waals surface area contributed by atoms with Crippen LogP contribution in [0.25, 0.3) is 0 Å². The molecule has 20 heavy (non-hydrogen) atoms. The summed E-state index contributed by atoms with van der Waals surface area (Å²) < 4.78 is 5.77. The molecular weight excluding hydrogens is 248 g/mol. The Bertz CT molecular complexity index is 520. The first-order chi connectivity index (χ1) is 9.72. The largest absolute Gasteiger partial charge is 0.489 e. The first-order valence-electron chi connectivity index (χ1n) is 7.08. The molecule has 2 aromatic rings. The maximum Gasteiger partial charge on any atom is 0.125 e. The van der Waals surface area contributed by atoms with Crippen molar-refractivity contribution in [1.82, 2.24) is 4.98 Å². The lowest BCUT2D eigenvalue weighted by Crippen LogP contribution is -1.98. The summed E-state index contributed by atoms with van der Waals surface area (Å²) in [5.41, 5.74) is 2.43. The predicted octanol–water partition coefficient (Wildman–Crippen LogP) is 4.22. The van der Waals surface area contributed by atoms with Gasteiger partial charge in [-0.25, -0.2) is 4.98 Å². The number of rotatable bonds is 6. The molecule has 3 nitrogen and oxygen atoms in total. The highest BCUT2D eigenvalue weighted by atomic mass is 16.5. The Labute approximate surface area is 121 Å². The minimum absolute atomic E-state index is 0.541. The molecule has 0 bridgehead atoms. The molecule has 2 rings (SSSR count). The van der Waals surface area contributed by atoms with Crippen molar-refractivity contribution >= 4 is 5.82 Å². The van der Waals surface area contributed by atoms with E-state index in [1.54, 1.807) is 0 Å². The summed E-state index contributed by atoms with van der Waals surface area (Å²) in [6.07, 6.45) is 2.99. The van der Waals surface area contributed by atoms with Gasteiger partial charge < -0.3 is 10.1 Å². The average molecular weight is 270 g/mol. The van der Waals surface area contributed by atoms with Gasteiger partial charge >= 0.3 is 0 Å². The molecule has 0 aliphatic rings. The fourth-order valence-electron chi connectivity index (χ4n) is 1.95. The molecule has 1 heterocycles. The van der Waals surface area contributed by atoms with E-state index in [4.69, 9.17) is 4.74 Å². The second-order valence-corrected chi connectivity index (χ2v) is 4.97. The SMILES string of the molecule is CCC(C)c1ccc(OCc2ccc(NC)nc2)cc1. The minimum atomic E-state index is 0.541. The third-order valence-corrected chi connectivity index (χ3v) is 3.55. The number of benzene rings is 1. The standard InChI is InChI=1S/C17H22N2O/c1-4-13(2)15-6-8-16(9-7-15)20-12-14-5-10-17(18-3)19-11-14/h5-11,13H,4,12H2,1-3H3,(H,18,19). The van der Waals surface area contributed by atoms with Crippen molar-refractivity contribution in [3.05, 3.63) is 53.7 Å². The number of aromatic nitrogens is 1. The van der Waals surface area contributed by atoms with Crippen molar-refractivity contribution in [2.45, 2.75) is 32.8 Å².